The van der Waals surface area contributed by atoms with E-state index >= 15 is 0 Å². The molecule has 3 N–H and O–H groups in total. The van der Waals surface area contributed by atoms with Crippen molar-refractivity contribution in [3.63, 3.8) is 0 Å². The lowest BCUT2D eigenvalue weighted by molar-refractivity contribution is 0.253. The van der Waals surface area contributed by atoms with E-state index in [-0.39, 0.29) is 30.6 Å². The van der Waals surface area contributed by atoms with Gasteiger partial charge in [-0.15, -0.1) is 24.0 Å². The number of halogens is 1. The molecule has 0 amide bonds. The van der Waals surface area contributed by atoms with Gasteiger partial charge in [0.1, 0.15) is 0 Å². The van der Waals surface area contributed by atoms with Crippen LogP contribution in [-0.2, 0) is 0 Å². The number of aliphatic hydroxyl groups is 1. The van der Waals surface area contributed by atoms with Gasteiger partial charge in [0.05, 0.1) is 0 Å². The van der Waals surface area contributed by atoms with Crippen LogP contribution in [0.2, 0.25) is 0 Å². The Morgan fingerprint density at radius 1 is 1.38 bits per heavy atom. The molecule has 6 heteroatoms. The zero-order chi connectivity index (χ0) is 14.6. The summed E-state index contributed by atoms with van der Waals surface area (Å²) in [7, 11) is 0. The minimum absolute atomic E-state index is 0. The molecule has 1 aliphatic rings. The molecule has 1 rings (SSSR count). The van der Waals surface area contributed by atoms with E-state index in [1.807, 2.05) is 11.8 Å². The molecule has 0 radical (unpaired) electrons. The predicted molar refractivity (Wildman–Crippen MR) is 105 cm³/mol. The summed E-state index contributed by atoms with van der Waals surface area (Å²) in [6, 6.07) is 0.550. The molecule has 0 aromatic rings. The summed E-state index contributed by atoms with van der Waals surface area (Å²) in [4.78, 5) is 4.72. The largest absolute Gasteiger partial charge is 0.396 e. The summed E-state index contributed by atoms with van der Waals surface area (Å²) in [6.45, 7) is 6.26. The second-order valence-corrected chi connectivity index (χ2v) is 6.59. The van der Waals surface area contributed by atoms with Gasteiger partial charge in [0.25, 0.3) is 0 Å². The van der Waals surface area contributed by atoms with Crippen molar-refractivity contribution in [3.05, 3.63) is 0 Å². The molecule has 0 aliphatic carbocycles. The summed E-state index contributed by atoms with van der Waals surface area (Å²) in [5, 5.41) is 16.0. The Balaban J connectivity index is 0.00000400. The van der Waals surface area contributed by atoms with Gasteiger partial charge in [-0.1, -0.05) is 13.3 Å². The molecule has 4 nitrogen and oxygen atoms in total. The molecule has 0 aromatic heterocycles. The molecule has 1 heterocycles. The Labute approximate surface area is 151 Å². The van der Waals surface area contributed by atoms with Gasteiger partial charge in [-0.3, -0.25) is 4.99 Å². The highest BCUT2D eigenvalue weighted by Crippen LogP contribution is 2.17. The lowest BCUT2D eigenvalue weighted by Crippen LogP contribution is -2.45. The van der Waals surface area contributed by atoms with E-state index in [0.717, 1.165) is 38.3 Å². The molecule has 1 aliphatic heterocycles. The molecule has 0 bridgehead atoms. The van der Waals surface area contributed by atoms with Gasteiger partial charge >= 0.3 is 0 Å². The fourth-order valence-electron chi connectivity index (χ4n) is 2.51. The van der Waals surface area contributed by atoms with E-state index in [2.05, 4.69) is 24.5 Å². The van der Waals surface area contributed by atoms with Crippen molar-refractivity contribution in [1.82, 2.24) is 10.6 Å². The van der Waals surface area contributed by atoms with Gasteiger partial charge in [0, 0.05) is 31.5 Å². The fraction of sp³-hybridized carbons (Fsp3) is 0.933. The molecule has 0 saturated carbocycles. The number of aliphatic imine (C=N–C) groups is 1. The lowest BCUT2D eigenvalue weighted by atomic mass is 10.0. The summed E-state index contributed by atoms with van der Waals surface area (Å²) >= 11 is 2.03. The number of rotatable bonds is 8. The molecule has 2 unspecified atom stereocenters. The fourth-order valence-corrected chi connectivity index (χ4v) is 3.58. The van der Waals surface area contributed by atoms with Crippen LogP contribution in [0.3, 0.4) is 0 Å². The second kappa shape index (κ2) is 13.9. The third-order valence-corrected chi connectivity index (χ3v) is 4.80. The van der Waals surface area contributed by atoms with Gasteiger partial charge in [-0.25, -0.2) is 0 Å². The molecular formula is C15H32IN3OS. The van der Waals surface area contributed by atoms with E-state index in [1.165, 1.54) is 24.3 Å². The minimum atomic E-state index is 0. The Morgan fingerprint density at radius 3 is 2.76 bits per heavy atom. The van der Waals surface area contributed by atoms with Crippen LogP contribution in [0.25, 0.3) is 0 Å². The molecule has 21 heavy (non-hydrogen) atoms. The number of hydrogen-bond acceptors (Lipinski definition) is 3. The smallest absolute Gasteiger partial charge is 0.191 e. The van der Waals surface area contributed by atoms with E-state index in [9.17, 15) is 0 Å². The molecular weight excluding hydrogens is 397 g/mol. The first-order chi connectivity index (χ1) is 9.80. The standard InChI is InChI=1S/C15H31N3OS.HI/c1-3-6-13(8-9-19)11-17-15(16-4-2)18-14-7-5-10-20-12-14;/h13-14,19H,3-12H2,1-2H3,(H2,16,17,18);1H. The van der Waals surface area contributed by atoms with Crippen LogP contribution >= 0.6 is 35.7 Å². The third kappa shape index (κ3) is 9.84. The van der Waals surface area contributed by atoms with Crippen molar-refractivity contribution >= 4 is 41.7 Å². The average molecular weight is 429 g/mol. The number of aliphatic hydroxyl groups excluding tert-OH is 1. The molecule has 1 saturated heterocycles. The van der Waals surface area contributed by atoms with Gasteiger partial charge in [-0.2, -0.15) is 11.8 Å². The van der Waals surface area contributed by atoms with Crippen LogP contribution in [0.5, 0.6) is 0 Å². The Kier molecular flexibility index (Phi) is 14.1. The maximum absolute atomic E-state index is 9.11. The summed E-state index contributed by atoms with van der Waals surface area (Å²) in [5.41, 5.74) is 0. The number of nitrogens with zero attached hydrogens (tertiary/aromatic N) is 1. The van der Waals surface area contributed by atoms with Crippen molar-refractivity contribution in [2.75, 3.05) is 31.2 Å². The van der Waals surface area contributed by atoms with Crippen LogP contribution in [-0.4, -0.2) is 48.3 Å². The van der Waals surface area contributed by atoms with Crippen molar-refractivity contribution in [3.8, 4) is 0 Å². The first-order valence-corrected chi connectivity index (χ1v) is 9.19. The normalized spacial score (nSPS) is 20.5. The van der Waals surface area contributed by atoms with Crippen LogP contribution in [0, 0.1) is 5.92 Å². The van der Waals surface area contributed by atoms with Crippen LogP contribution in [0.1, 0.15) is 46.0 Å². The maximum Gasteiger partial charge on any atom is 0.191 e. The number of nitrogens with one attached hydrogen (secondary N) is 2. The average Bonchev–Trinajstić information content (AvgIpc) is 2.46. The zero-order valence-electron chi connectivity index (χ0n) is 13.4. The van der Waals surface area contributed by atoms with Crippen LogP contribution in [0.4, 0.5) is 0 Å². The molecule has 2 atom stereocenters. The van der Waals surface area contributed by atoms with Gasteiger partial charge < -0.3 is 15.7 Å². The molecule has 126 valence electrons. The van der Waals surface area contributed by atoms with Gasteiger partial charge in [0.2, 0.25) is 0 Å². The quantitative estimate of drug-likeness (QED) is 0.316. The van der Waals surface area contributed by atoms with E-state index in [1.54, 1.807) is 0 Å². The molecule has 1 fully saturated rings. The summed E-state index contributed by atoms with van der Waals surface area (Å²) < 4.78 is 0. The van der Waals surface area contributed by atoms with E-state index in [0.29, 0.717) is 12.0 Å². The Bertz CT molecular complexity index is 268. The second-order valence-electron chi connectivity index (χ2n) is 5.45. The maximum atomic E-state index is 9.11. The van der Waals surface area contributed by atoms with E-state index < -0.39 is 0 Å². The van der Waals surface area contributed by atoms with Crippen molar-refractivity contribution < 1.29 is 5.11 Å². The third-order valence-electron chi connectivity index (χ3n) is 3.59. The SMILES string of the molecule is CCCC(CCO)CN=C(NCC)NC1CCCSC1.I. The minimum Gasteiger partial charge on any atom is -0.396 e. The monoisotopic (exact) mass is 429 g/mol. The summed E-state index contributed by atoms with van der Waals surface area (Å²) in [5.74, 6) is 3.92. The highest BCUT2D eigenvalue weighted by atomic mass is 127. The van der Waals surface area contributed by atoms with Crippen molar-refractivity contribution in [2.45, 2.75) is 52.0 Å². The first-order valence-electron chi connectivity index (χ1n) is 8.03. The Morgan fingerprint density at radius 2 is 2.19 bits per heavy atom. The van der Waals surface area contributed by atoms with Gasteiger partial charge in [0.15, 0.2) is 5.96 Å². The highest BCUT2D eigenvalue weighted by molar-refractivity contribution is 14.0. The zero-order valence-corrected chi connectivity index (χ0v) is 16.6. The highest BCUT2D eigenvalue weighted by Gasteiger charge is 2.15. The van der Waals surface area contributed by atoms with Crippen molar-refractivity contribution in [2.24, 2.45) is 10.9 Å². The molecule has 0 spiro atoms. The van der Waals surface area contributed by atoms with Crippen molar-refractivity contribution in [1.29, 1.82) is 0 Å². The van der Waals surface area contributed by atoms with Gasteiger partial charge in [-0.05, 0) is 44.3 Å². The number of thioether (sulfide) groups is 1. The van der Waals surface area contributed by atoms with E-state index in [4.69, 9.17) is 10.1 Å². The summed E-state index contributed by atoms with van der Waals surface area (Å²) in [6.07, 6.45) is 5.69. The first kappa shape index (κ1) is 21.3. The Hall–Kier alpha value is 0.310. The van der Waals surface area contributed by atoms with Crippen LogP contribution < -0.4 is 10.6 Å². The number of hydrogen-bond donors (Lipinski definition) is 3. The molecule has 0 aromatic carbocycles. The predicted octanol–water partition coefficient (Wildman–Crippen LogP) is 2.85. The van der Waals surface area contributed by atoms with Crippen LogP contribution in [0.15, 0.2) is 4.99 Å². The number of guanidine groups is 1. The lowest BCUT2D eigenvalue weighted by Gasteiger charge is -2.25. The topological polar surface area (TPSA) is 56.7 Å².